The van der Waals surface area contributed by atoms with Crippen molar-refractivity contribution in [3.63, 3.8) is 0 Å². The second kappa shape index (κ2) is 4.55. The molecule has 0 spiro atoms. The second-order valence-corrected chi connectivity index (χ2v) is 4.93. The van der Waals surface area contributed by atoms with E-state index in [-0.39, 0.29) is 0 Å². The number of nitrogen functional groups attached to an aromatic ring is 1. The number of benzene rings is 2. The number of hydrogen-bond acceptors (Lipinski definition) is 3. The van der Waals surface area contributed by atoms with Crippen molar-refractivity contribution in [2.75, 3.05) is 5.73 Å². The Morgan fingerprint density at radius 2 is 2.10 bits per heavy atom. The summed E-state index contributed by atoms with van der Waals surface area (Å²) in [6, 6.07) is 13.1. The fraction of sp³-hybridized carbons (Fsp3) is 0.0667. The number of para-hydroxylation sites is 1. The highest BCUT2D eigenvalue weighted by atomic mass is 35.5. The van der Waals surface area contributed by atoms with E-state index in [1.54, 1.807) is 18.2 Å². The van der Waals surface area contributed by atoms with Crippen LogP contribution in [0.4, 0.5) is 5.95 Å². The first-order valence-electron chi connectivity index (χ1n) is 6.05. The zero-order valence-electron chi connectivity index (χ0n) is 10.8. The molecule has 0 unspecified atom stereocenters. The maximum Gasteiger partial charge on any atom is 0.205 e. The first-order valence-corrected chi connectivity index (χ1v) is 6.43. The van der Waals surface area contributed by atoms with Gasteiger partial charge >= 0.3 is 0 Å². The van der Waals surface area contributed by atoms with Crippen LogP contribution in [0.15, 0.2) is 36.4 Å². The molecule has 0 aliphatic heterocycles. The van der Waals surface area contributed by atoms with Crippen molar-refractivity contribution in [1.82, 2.24) is 9.55 Å². The number of aryl methyl sites for hydroxylation is 1. The molecule has 0 atom stereocenters. The maximum atomic E-state index is 9.05. The smallest absolute Gasteiger partial charge is 0.205 e. The van der Waals surface area contributed by atoms with Crippen LogP contribution in [0.5, 0.6) is 0 Å². The highest BCUT2D eigenvalue weighted by Crippen LogP contribution is 2.29. The Labute approximate surface area is 121 Å². The number of nitriles is 1. The molecule has 0 bridgehead atoms. The second-order valence-electron chi connectivity index (χ2n) is 4.53. The van der Waals surface area contributed by atoms with Crippen LogP contribution in [0.1, 0.15) is 11.1 Å². The zero-order chi connectivity index (χ0) is 14.3. The summed E-state index contributed by atoms with van der Waals surface area (Å²) in [6.07, 6.45) is 0. The Balaban J connectivity index is 2.38. The van der Waals surface area contributed by atoms with Gasteiger partial charge in [-0.15, -0.1) is 0 Å². The monoisotopic (exact) mass is 282 g/mol. The molecule has 2 aromatic carbocycles. The topological polar surface area (TPSA) is 67.6 Å². The third-order valence-corrected chi connectivity index (χ3v) is 3.55. The summed E-state index contributed by atoms with van der Waals surface area (Å²) >= 11 is 6.14. The number of halogens is 1. The van der Waals surface area contributed by atoms with Crippen LogP contribution >= 0.6 is 11.6 Å². The standard InChI is InChI=1S/C15H11ClN4/c1-9-5-6-10(8-17)7-13(9)20-12-4-2-3-11(16)14(12)19-15(20)18/h2-7H,1H3,(H2,18,19). The predicted molar refractivity (Wildman–Crippen MR) is 79.9 cm³/mol. The Hall–Kier alpha value is -2.51. The minimum Gasteiger partial charge on any atom is -0.369 e. The first-order chi connectivity index (χ1) is 9.61. The van der Waals surface area contributed by atoms with E-state index < -0.39 is 0 Å². The number of rotatable bonds is 1. The minimum absolute atomic E-state index is 0.353. The number of aromatic nitrogens is 2. The normalized spacial score (nSPS) is 10.7. The fourth-order valence-corrected chi connectivity index (χ4v) is 2.47. The molecule has 20 heavy (non-hydrogen) atoms. The average Bonchev–Trinajstić information content (AvgIpc) is 2.77. The highest BCUT2D eigenvalue weighted by molar-refractivity contribution is 6.35. The summed E-state index contributed by atoms with van der Waals surface area (Å²) in [5, 5.41) is 9.61. The number of fused-ring (bicyclic) bond motifs is 1. The summed E-state index contributed by atoms with van der Waals surface area (Å²) in [7, 11) is 0. The van der Waals surface area contributed by atoms with E-state index in [1.165, 1.54) is 0 Å². The quantitative estimate of drug-likeness (QED) is 0.743. The van der Waals surface area contributed by atoms with Gasteiger partial charge in [0.1, 0.15) is 5.52 Å². The number of anilines is 1. The zero-order valence-corrected chi connectivity index (χ0v) is 11.5. The predicted octanol–water partition coefficient (Wildman–Crippen LogP) is 3.44. The van der Waals surface area contributed by atoms with Gasteiger partial charge in [0, 0.05) is 0 Å². The SMILES string of the molecule is Cc1ccc(C#N)cc1-n1c(N)nc2c(Cl)cccc21. The van der Waals surface area contributed by atoms with E-state index in [2.05, 4.69) is 11.1 Å². The molecule has 3 aromatic rings. The summed E-state index contributed by atoms with van der Waals surface area (Å²) in [6.45, 7) is 1.96. The Morgan fingerprint density at radius 1 is 1.30 bits per heavy atom. The summed E-state index contributed by atoms with van der Waals surface area (Å²) in [5.41, 5.74) is 9.94. The Morgan fingerprint density at radius 3 is 2.85 bits per heavy atom. The molecule has 4 nitrogen and oxygen atoms in total. The number of imidazole rings is 1. The van der Waals surface area contributed by atoms with Gasteiger partial charge < -0.3 is 5.73 Å². The van der Waals surface area contributed by atoms with Crippen LogP contribution in [0.3, 0.4) is 0 Å². The van der Waals surface area contributed by atoms with Crippen molar-refractivity contribution in [2.45, 2.75) is 6.92 Å². The lowest BCUT2D eigenvalue weighted by molar-refractivity contribution is 1.09. The molecule has 1 heterocycles. The third kappa shape index (κ3) is 1.80. The number of nitrogens with zero attached hydrogens (tertiary/aromatic N) is 3. The molecule has 3 rings (SSSR count). The van der Waals surface area contributed by atoms with Gasteiger partial charge in [-0.25, -0.2) is 4.98 Å². The molecule has 2 N–H and O–H groups in total. The average molecular weight is 283 g/mol. The lowest BCUT2D eigenvalue weighted by Gasteiger charge is -2.10. The molecule has 0 saturated carbocycles. The van der Waals surface area contributed by atoms with Crippen LogP contribution in [0.25, 0.3) is 16.7 Å². The lowest BCUT2D eigenvalue weighted by Crippen LogP contribution is -2.02. The van der Waals surface area contributed by atoms with E-state index in [1.807, 2.05) is 29.7 Å². The molecule has 98 valence electrons. The van der Waals surface area contributed by atoms with Crippen molar-refractivity contribution in [3.8, 4) is 11.8 Å². The van der Waals surface area contributed by atoms with Crippen molar-refractivity contribution in [1.29, 1.82) is 5.26 Å². The number of hydrogen-bond donors (Lipinski definition) is 1. The van der Waals surface area contributed by atoms with Gasteiger partial charge in [-0.2, -0.15) is 5.26 Å². The van der Waals surface area contributed by atoms with E-state index in [4.69, 9.17) is 22.6 Å². The first kappa shape index (κ1) is 12.5. The van der Waals surface area contributed by atoms with Gasteiger partial charge in [0.05, 0.1) is 27.9 Å². The molecular weight excluding hydrogens is 272 g/mol. The maximum absolute atomic E-state index is 9.05. The molecule has 0 amide bonds. The third-order valence-electron chi connectivity index (χ3n) is 3.24. The van der Waals surface area contributed by atoms with Crippen molar-refractivity contribution in [2.24, 2.45) is 0 Å². The van der Waals surface area contributed by atoms with Crippen molar-refractivity contribution in [3.05, 3.63) is 52.5 Å². The molecule has 5 heteroatoms. The lowest BCUT2D eigenvalue weighted by atomic mass is 10.1. The van der Waals surface area contributed by atoms with Gasteiger partial charge in [-0.3, -0.25) is 4.57 Å². The Bertz CT molecular complexity index is 858. The minimum atomic E-state index is 0.353. The van der Waals surface area contributed by atoms with Crippen molar-refractivity contribution < 1.29 is 0 Å². The van der Waals surface area contributed by atoms with Crippen LogP contribution in [-0.4, -0.2) is 9.55 Å². The summed E-state index contributed by atoms with van der Waals surface area (Å²) in [5.74, 6) is 0.353. The molecule has 0 aliphatic rings. The van der Waals surface area contributed by atoms with E-state index in [0.717, 1.165) is 16.8 Å². The molecular formula is C15H11ClN4. The Kier molecular flexibility index (Phi) is 2.85. The van der Waals surface area contributed by atoms with Gasteiger partial charge in [-0.1, -0.05) is 23.7 Å². The molecule has 1 aromatic heterocycles. The van der Waals surface area contributed by atoms with E-state index in [0.29, 0.717) is 22.1 Å². The largest absolute Gasteiger partial charge is 0.369 e. The van der Waals surface area contributed by atoms with Gasteiger partial charge in [0.15, 0.2) is 0 Å². The summed E-state index contributed by atoms with van der Waals surface area (Å²) < 4.78 is 1.82. The van der Waals surface area contributed by atoms with E-state index in [9.17, 15) is 0 Å². The highest BCUT2D eigenvalue weighted by Gasteiger charge is 2.14. The molecule has 0 saturated heterocycles. The van der Waals surface area contributed by atoms with Crippen LogP contribution in [-0.2, 0) is 0 Å². The van der Waals surface area contributed by atoms with Crippen LogP contribution in [0.2, 0.25) is 5.02 Å². The van der Waals surface area contributed by atoms with Gasteiger partial charge in [-0.05, 0) is 36.8 Å². The van der Waals surface area contributed by atoms with Crippen LogP contribution < -0.4 is 5.73 Å². The molecule has 0 fully saturated rings. The van der Waals surface area contributed by atoms with Gasteiger partial charge in [0.2, 0.25) is 5.95 Å². The van der Waals surface area contributed by atoms with Gasteiger partial charge in [0.25, 0.3) is 0 Å². The summed E-state index contributed by atoms with van der Waals surface area (Å²) in [4.78, 5) is 4.31. The van der Waals surface area contributed by atoms with Crippen molar-refractivity contribution >= 4 is 28.6 Å². The fourth-order valence-electron chi connectivity index (χ4n) is 2.26. The van der Waals surface area contributed by atoms with E-state index >= 15 is 0 Å². The molecule has 0 aliphatic carbocycles. The van der Waals surface area contributed by atoms with Crippen LogP contribution in [0, 0.1) is 18.3 Å². The number of nitrogens with two attached hydrogens (primary N) is 1. The molecule has 0 radical (unpaired) electrons.